The summed E-state index contributed by atoms with van der Waals surface area (Å²) < 4.78 is 0. The monoisotopic (exact) mass is 188 g/mol. The lowest BCUT2D eigenvalue weighted by Gasteiger charge is -2.03. The van der Waals surface area contributed by atoms with E-state index in [0.29, 0.717) is 5.69 Å². The Labute approximate surface area is 81.1 Å². The number of nitriles is 1. The molecule has 1 aromatic rings. The van der Waals surface area contributed by atoms with Crippen molar-refractivity contribution in [1.29, 1.82) is 5.26 Å². The van der Waals surface area contributed by atoms with Crippen molar-refractivity contribution in [2.24, 2.45) is 0 Å². The van der Waals surface area contributed by atoms with Gasteiger partial charge in [-0.3, -0.25) is 0 Å². The number of anilines is 1. The lowest BCUT2D eigenvalue weighted by atomic mass is 10.2. The fourth-order valence-electron chi connectivity index (χ4n) is 0.964. The molecule has 2 N–H and O–H groups in total. The molecule has 0 aliphatic carbocycles. The molecule has 0 spiro atoms. The van der Waals surface area contributed by atoms with Gasteiger partial charge in [-0.2, -0.15) is 5.26 Å². The van der Waals surface area contributed by atoms with Crippen molar-refractivity contribution in [1.82, 2.24) is 0 Å². The molecule has 14 heavy (non-hydrogen) atoms. The van der Waals surface area contributed by atoms with Gasteiger partial charge in [-0.25, -0.2) is 4.79 Å². The van der Waals surface area contributed by atoms with Crippen molar-refractivity contribution in [3.8, 4) is 6.07 Å². The molecular formula is C10H8N2O2. The summed E-state index contributed by atoms with van der Waals surface area (Å²) in [7, 11) is 0. The van der Waals surface area contributed by atoms with E-state index in [-0.39, 0.29) is 5.56 Å². The summed E-state index contributed by atoms with van der Waals surface area (Å²) in [5.74, 6) is -1.00. The molecule has 4 nitrogen and oxygen atoms in total. The van der Waals surface area contributed by atoms with Crippen LogP contribution in [0.2, 0.25) is 0 Å². The molecule has 0 radical (unpaired) electrons. The maximum absolute atomic E-state index is 10.7. The van der Waals surface area contributed by atoms with Gasteiger partial charge >= 0.3 is 5.97 Å². The van der Waals surface area contributed by atoms with E-state index in [1.807, 2.05) is 0 Å². The average molecular weight is 188 g/mol. The van der Waals surface area contributed by atoms with Gasteiger partial charge in [0.15, 0.2) is 0 Å². The van der Waals surface area contributed by atoms with Crippen LogP contribution in [0.3, 0.4) is 0 Å². The molecule has 0 heterocycles. The highest BCUT2D eigenvalue weighted by atomic mass is 16.4. The van der Waals surface area contributed by atoms with Gasteiger partial charge in [-0.15, -0.1) is 0 Å². The van der Waals surface area contributed by atoms with Crippen LogP contribution in [0, 0.1) is 11.3 Å². The number of nitrogens with one attached hydrogen (secondary N) is 1. The van der Waals surface area contributed by atoms with Crippen molar-refractivity contribution >= 4 is 11.7 Å². The largest absolute Gasteiger partial charge is 0.478 e. The number of carboxylic acids is 1. The van der Waals surface area contributed by atoms with Gasteiger partial charge in [-0.05, 0) is 12.1 Å². The van der Waals surface area contributed by atoms with Gasteiger partial charge in [-0.1, -0.05) is 12.1 Å². The van der Waals surface area contributed by atoms with Gasteiger partial charge in [0.25, 0.3) is 0 Å². The summed E-state index contributed by atoms with van der Waals surface area (Å²) in [6, 6.07) is 8.28. The first-order chi connectivity index (χ1) is 6.75. The third kappa shape index (κ3) is 2.35. The Bertz CT molecular complexity index is 405. The highest BCUT2D eigenvalue weighted by molar-refractivity contribution is 5.94. The van der Waals surface area contributed by atoms with E-state index < -0.39 is 5.97 Å². The summed E-state index contributed by atoms with van der Waals surface area (Å²) in [6.07, 6.45) is 2.63. The molecule has 70 valence electrons. The van der Waals surface area contributed by atoms with E-state index in [0.717, 1.165) is 0 Å². The third-order valence-corrected chi connectivity index (χ3v) is 1.55. The van der Waals surface area contributed by atoms with Gasteiger partial charge in [0.2, 0.25) is 0 Å². The lowest BCUT2D eigenvalue weighted by molar-refractivity contribution is 0.0698. The summed E-state index contributed by atoms with van der Waals surface area (Å²) in [4.78, 5) is 10.7. The van der Waals surface area contributed by atoms with Crippen LogP contribution in [0.5, 0.6) is 0 Å². The number of carbonyl (C=O) groups is 1. The van der Waals surface area contributed by atoms with Gasteiger partial charge in [0, 0.05) is 12.3 Å². The molecule has 0 amide bonds. The topological polar surface area (TPSA) is 73.1 Å². The van der Waals surface area contributed by atoms with Crippen molar-refractivity contribution in [2.75, 3.05) is 5.32 Å². The van der Waals surface area contributed by atoms with E-state index >= 15 is 0 Å². The fraction of sp³-hybridized carbons (Fsp3) is 0. The molecule has 0 bridgehead atoms. The molecule has 0 aliphatic heterocycles. The second-order valence-electron chi connectivity index (χ2n) is 2.46. The highest BCUT2D eigenvalue weighted by Gasteiger charge is 2.06. The lowest BCUT2D eigenvalue weighted by Crippen LogP contribution is -2.01. The Morgan fingerprint density at radius 3 is 2.86 bits per heavy atom. The van der Waals surface area contributed by atoms with E-state index in [9.17, 15) is 4.79 Å². The molecule has 0 saturated heterocycles. The minimum atomic E-state index is -1.00. The maximum atomic E-state index is 10.7. The third-order valence-electron chi connectivity index (χ3n) is 1.55. The number of nitrogens with zero attached hydrogens (tertiary/aromatic N) is 1. The van der Waals surface area contributed by atoms with Crippen LogP contribution in [-0.2, 0) is 0 Å². The average Bonchev–Trinajstić information content (AvgIpc) is 2.19. The molecule has 0 fully saturated rings. The number of allylic oxidation sites excluding steroid dienone is 1. The molecule has 0 saturated carbocycles. The number of aromatic carboxylic acids is 1. The second kappa shape index (κ2) is 4.67. The van der Waals surface area contributed by atoms with E-state index in [2.05, 4.69) is 5.32 Å². The molecule has 1 aromatic carbocycles. The van der Waals surface area contributed by atoms with Crippen LogP contribution in [0.4, 0.5) is 5.69 Å². The molecule has 1 rings (SSSR count). The zero-order valence-electron chi connectivity index (χ0n) is 7.27. The van der Waals surface area contributed by atoms with Crippen LogP contribution in [-0.4, -0.2) is 11.1 Å². The first-order valence-corrected chi connectivity index (χ1v) is 3.89. The minimum absolute atomic E-state index is 0.176. The Morgan fingerprint density at radius 1 is 1.50 bits per heavy atom. The van der Waals surface area contributed by atoms with Crippen molar-refractivity contribution in [3.05, 3.63) is 42.1 Å². The Kier molecular flexibility index (Phi) is 3.27. The van der Waals surface area contributed by atoms with E-state index in [4.69, 9.17) is 10.4 Å². The summed E-state index contributed by atoms with van der Waals surface area (Å²) in [5.41, 5.74) is 0.640. The van der Waals surface area contributed by atoms with E-state index in [1.54, 1.807) is 24.3 Å². The van der Waals surface area contributed by atoms with Gasteiger partial charge in [0.1, 0.15) is 0 Å². The summed E-state index contributed by atoms with van der Waals surface area (Å²) in [5, 5.41) is 19.7. The Hall–Kier alpha value is -2.28. The number of rotatable bonds is 3. The summed E-state index contributed by atoms with van der Waals surface area (Å²) >= 11 is 0. The van der Waals surface area contributed by atoms with Crippen molar-refractivity contribution in [2.45, 2.75) is 0 Å². The highest BCUT2D eigenvalue weighted by Crippen LogP contribution is 2.14. The van der Waals surface area contributed by atoms with Gasteiger partial charge in [0.05, 0.1) is 17.3 Å². The number of carboxylic acid groups (broad SMARTS) is 1. The normalized spacial score (nSPS) is 9.64. The molecule has 4 heteroatoms. The predicted octanol–water partition coefficient (Wildman–Crippen LogP) is 1.83. The molecule has 0 atom stereocenters. The first-order valence-electron chi connectivity index (χ1n) is 3.89. The Morgan fingerprint density at radius 2 is 2.21 bits per heavy atom. The fourth-order valence-corrected chi connectivity index (χ4v) is 0.964. The molecule has 0 unspecified atom stereocenters. The Balaban J connectivity index is 2.91. The van der Waals surface area contributed by atoms with Crippen LogP contribution in [0.1, 0.15) is 10.4 Å². The van der Waals surface area contributed by atoms with E-state index in [1.165, 1.54) is 18.3 Å². The standard InChI is InChI=1S/C10H8N2O2/c11-6-3-7-12-9-5-2-1-4-8(9)10(13)14/h1-5,7,12H,(H,13,14). The second-order valence-corrected chi connectivity index (χ2v) is 2.46. The van der Waals surface area contributed by atoms with Crippen LogP contribution < -0.4 is 5.32 Å². The zero-order valence-corrected chi connectivity index (χ0v) is 7.27. The number of para-hydroxylation sites is 1. The smallest absolute Gasteiger partial charge is 0.337 e. The summed E-state index contributed by atoms with van der Waals surface area (Å²) in [6.45, 7) is 0. The molecular weight excluding hydrogens is 180 g/mol. The number of benzene rings is 1. The first kappa shape index (κ1) is 9.81. The van der Waals surface area contributed by atoms with Crippen molar-refractivity contribution < 1.29 is 9.90 Å². The number of hydrogen-bond acceptors (Lipinski definition) is 3. The van der Waals surface area contributed by atoms with Crippen molar-refractivity contribution in [3.63, 3.8) is 0 Å². The van der Waals surface area contributed by atoms with Crippen LogP contribution in [0.15, 0.2) is 36.5 Å². The quantitative estimate of drug-likeness (QED) is 0.710. The molecule has 0 aromatic heterocycles. The number of hydrogen-bond donors (Lipinski definition) is 2. The SMILES string of the molecule is N#CC=CNc1ccccc1C(=O)O. The maximum Gasteiger partial charge on any atom is 0.337 e. The predicted molar refractivity (Wildman–Crippen MR) is 51.8 cm³/mol. The van der Waals surface area contributed by atoms with Gasteiger partial charge < -0.3 is 10.4 Å². The van der Waals surface area contributed by atoms with Crippen LogP contribution >= 0.6 is 0 Å². The van der Waals surface area contributed by atoms with Crippen LogP contribution in [0.25, 0.3) is 0 Å². The zero-order chi connectivity index (χ0) is 10.4. The minimum Gasteiger partial charge on any atom is -0.478 e. The molecule has 0 aliphatic rings.